The first-order chi connectivity index (χ1) is 20.1. The van der Waals surface area contributed by atoms with E-state index in [9.17, 15) is 0 Å². The van der Waals surface area contributed by atoms with E-state index in [0.717, 1.165) is 6.54 Å². The van der Waals surface area contributed by atoms with E-state index >= 15 is 0 Å². The lowest BCUT2D eigenvalue weighted by atomic mass is 9.80. The molecule has 3 aliphatic rings. The molecule has 0 bridgehead atoms. The number of allylic oxidation sites excluding steroid dienone is 2. The van der Waals surface area contributed by atoms with Gasteiger partial charge < -0.3 is 20.1 Å². The van der Waals surface area contributed by atoms with Gasteiger partial charge in [-0.2, -0.15) is 0 Å². The number of hydrogen-bond donors (Lipinski definition) is 2. The standard InChI is InChI=1S/C36H30N4S/c1-22-21-37-35-34(38-22)27-16-14-24(20-33(27)41-35)40-32-17-15-23(19-28(32)29-11-7-8-18-36(29,40)2)39-30-12-5-3-9-25(30)26-10-4-6-13-31(26)39/h3-20,22,29,37-38H,21H2,1-2H3. The van der Waals surface area contributed by atoms with Crippen LogP contribution >= 0.6 is 11.3 Å². The summed E-state index contributed by atoms with van der Waals surface area (Å²) in [5.74, 6) is 0.256. The first kappa shape index (κ1) is 23.2. The number of fused-ring (bicyclic) bond motifs is 9. The molecule has 9 rings (SSSR count). The minimum absolute atomic E-state index is 0.188. The predicted octanol–water partition coefficient (Wildman–Crippen LogP) is 9.34. The highest BCUT2D eigenvalue weighted by Gasteiger charge is 2.47. The van der Waals surface area contributed by atoms with Gasteiger partial charge >= 0.3 is 0 Å². The molecule has 3 atom stereocenters. The Hall–Kier alpha value is -4.48. The molecule has 41 heavy (non-hydrogen) atoms. The highest BCUT2D eigenvalue weighted by molar-refractivity contribution is 7.23. The fraction of sp³-hybridized carbons (Fsp3) is 0.167. The third-order valence-corrected chi connectivity index (χ3v) is 10.4. The normalized spacial score (nSPS) is 22.5. The number of hydrogen-bond acceptors (Lipinski definition) is 4. The second-order valence-electron chi connectivity index (χ2n) is 11.8. The molecule has 200 valence electrons. The second kappa shape index (κ2) is 8.27. The van der Waals surface area contributed by atoms with Gasteiger partial charge in [0.1, 0.15) is 5.00 Å². The first-order valence-electron chi connectivity index (χ1n) is 14.5. The lowest BCUT2D eigenvalue weighted by molar-refractivity contribution is 0.542. The molecule has 0 saturated carbocycles. The molecule has 0 amide bonds. The Labute approximate surface area is 243 Å². The number of aromatic nitrogens is 1. The van der Waals surface area contributed by atoms with Crippen LogP contribution in [0.5, 0.6) is 0 Å². The molecule has 0 spiro atoms. The van der Waals surface area contributed by atoms with Gasteiger partial charge in [0.15, 0.2) is 0 Å². The SMILES string of the molecule is CC1CNc2sc3cc(N4c5ccc(-n6c7ccccc7c7ccccc76)cc5C5C=CC=CC54C)ccc3c2N1. The van der Waals surface area contributed by atoms with E-state index in [1.807, 2.05) is 11.3 Å². The summed E-state index contributed by atoms with van der Waals surface area (Å²) in [6.45, 7) is 5.57. The van der Waals surface area contributed by atoms with Gasteiger partial charge in [-0.1, -0.05) is 60.7 Å². The van der Waals surface area contributed by atoms with Crippen LogP contribution in [-0.4, -0.2) is 22.7 Å². The van der Waals surface area contributed by atoms with Gasteiger partial charge in [-0.05, 0) is 67.9 Å². The van der Waals surface area contributed by atoms with Crippen molar-refractivity contribution in [3.63, 3.8) is 0 Å². The molecule has 3 unspecified atom stereocenters. The van der Waals surface area contributed by atoms with Gasteiger partial charge in [0.25, 0.3) is 0 Å². The zero-order valence-electron chi connectivity index (χ0n) is 23.1. The van der Waals surface area contributed by atoms with Gasteiger partial charge in [0.05, 0.1) is 22.3 Å². The monoisotopic (exact) mass is 550 g/mol. The zero-order chi connectivity index (χ0) is 27.3. The Morgan fingerprint density at radius 1 is 0.829 bits per heavy atom. The Bertz CT molecular complexity index is 2040. The molecular formula is C36H30N4S. The van der Waals surface area contributed by atoms with E-state index in [1.54, 1.807) is 0 Å². The average molecular weight is 551 g/mol. The minimum atomic E-state index is -0.188. The summed E-state index contributed by atoms with van der Waals surface area (Å²) in [5.41, 5.74) is 8.65. The van der Waals surface area contributed by atoms with Gasteiger partial charge in [-0.25, -0.2) is 0 Å². The molecule has 2 aliphatic heterocycles. The maximum atomic E-state index is 3.70. The number of rotatable bonds is 2. The number of anilines is 4. The topological polar surface area (TPSA) is 32.2 Å². The Morgan fingerprint density at radius 2 is 1.59 bits per heavy atom. The molecule has 5 heteroatoms. The van der Waals surface area contributed by atoms with Crippen LogP contribution in [0.1, 0.15) is 25.3 Å². The van der Waals surface area contributed by atoms with E-state index in [4.69, 9.17) is 0 Å². The maximum Gasteiger partial charge on any atom is 0.113 e. The molecule has 4 nitrogen and oxygen atoms in total. The van der Waals surface area contributed by atoms with Crippen LogP contribution in [-0.2, 0) is 0 Å². The quantitative estimate of drug-likeness (QED) is 0.225. The van der Waals surface area contributed by atoms with Crippen LogP contribution in [0, 0.1) is 0 Å². The van der Waals surface area contributed by atoms with Crippen LogP contribution < -0.4 is 15.5 Å². The van der Waals surface area contributed by atoms with Crippen molar-refractivity contribution in [1.29, 1.82) is 0 Å². The van der Waals surface area contributed by atoms with Gasteiger partial charge in [0.2, 0.25) is 0 Å². The highest BCUT2D eigenvalue weighted by Crippen LogP contribution is 2.55. The molecule has 2 aromatic heterocycles. The Kier molecular flexibility index (Phi) is 4.69. The van der Waals surface area contributed by atoms with Crippen molar-refractivity contribution in [3.8, 4) is 5.69 Å². The van der Waals surface area contributed by atoms with Crippen molar-refractivity contribution in [2.75, 3.05) is 22.1 Å². The molecule has 0 saturated heterocycles. The van der Waals surface area contributed by atoms with E-state index in [1.165, 1.54) is 65.2 Å². The molecule has 4 aromatic carbocycles. The van der Waals surface area contributed by atoms with E-state index in [0.29, 0.717) is 6.04 Å². The van der Waals surface area contributed by atoms with E-state index < -0.39 is 0 Å². The third kappa shape index (κ3) is 3.15. The van der Waals surface area contributed by atoms with Gasteiger partial charge in [0, 0.05) is 56.4 Å². The smallest absolute Gasteiger partial charge is 0.113 e. The van der Waals surface area contributed by atoms with Crippen molar-refractivity contribution in [3.05, 3.63) is 115 Å². The summed E-state index contributed by atoms with van der Waals surface area (Å²) in [4.78, 5) is 2.56. The molecular weight excluding hydrogens is 520 g/mol. The van der Waals surface area contributed by atoms with Crippen LogP contribution in [0.4, 0.5) is 22.1 Å². The fourth-order valence-corrected chi connectivity index (χ4v) is 8.51. The molecule has 6 aromatic rings. The van der Waals surface area contributed by atoms with Gasteiger partial charge in [-0.15, -0.1) is 11.3 Å². The number of thiophene rings is 1. The fourth-order valence-electron chi connectivity index (χ4n) is 7.40. The zero-order valence-corrected chi connectivity index (χ0v) is 23.9. The number of para-hydroxylation sites is 2. The lowest BCUT2D eigenvalue weighted by Crippen LogP contribution is -2.41. The first-order valence-corrected chi connectivity index (χ1v) is 15.3. The maximum absolute atomic E-state index is 3.70. The summed E-state index contributed by atoms with van der Waals surface area (Å²) in [6.07, 6.45) is 9.18. The van der Waals surface area contributed by atoms with Gasteiger partial charge in [-0.3, -0.25) is 0 Å². The van der Waals surface area contributed by atoms with Crippen molar-refractivity contribution in [2.45, 2.75) is 31.3 Å². The Morgan fingerprint density at radius 3 is 2.39 bits per heavy atom. The average Bonchev–Trinajstić information content (AvgIpc) is 3.61. The predicted molar refractivity (Wildman–Crippen MR) is 176 cm³/mol. The summed E-state index contributed by atoms with van der Waals surface area (Å²) in [6, 6.07) is 32.0. The summed E-state index contributed by atoms with van der Waals surface area (Å²) in [5, 5.41) is 12.5. The highest BCUT2D eigenvalue weighted by atomic mass is 32.1. The molecule has 4 heterocycles. The van der Waals surface area contributed by atoms with E-state index in [2.05, 4.69) is 143 Å². The lowest BCUT2D eigenvalue weighted by Gasteiger charge is -2.39. The molecule has 1 aliphatic carbocycles. The minimum Gasteiger partial charge on any atom is -0.378 e. The number of nitrogens with one attached hydrogen (secondary N) is 2. The second-order valence-corrected chi connectivity index (χ2v) is 12.9. The van der Waals surface area contributed by atoms with Crippen LogP contribution in [0.25, 0.3) is 37.6 Å². The van der Waals surface area contributed by atoms with E-state index in [-0.39, 0.29) is 11.5 Å². The summed E-state index contributed by atoms with van der Waals surface area (Å²) in [7, 11) is 0. The van der Waals surface area contributed by atoms with Crippen LogP contribution in [0.15, 0.2) is 109 Å². The van der Waals surface area contributed by atoms with Crippen molar-refractivity contribution in [2.24, 2.45) is 0 Å². The number of nitrogens with zero attached hydrogens (tertiary/aromatic N) is 2. The van der Waals surface area contributed by atoms with Crippen LogP contribution in [0.3, 0.4) is 0 Å². The molecule has 0 fully saturated rings. The van der Waals surface area contributed by atoms with Crippen molar-refractivity contribution >= 4 is 65.3 Å². The summed E-state index contributed by atoms with van der Waals surface area (Å²) >= 11 is 1.85. The molecule has 2 N–H and O–H groups in total. The third-order valence-electron chi connectivity index (χ3n) is 9.28. The van der Waals surface area contributed by atoms with Crippen LogP contribution in [0.2, 0.25) is 0 Å². The molecule has 0 radical (unpaired) electrons. The largest absolute Gasteiger partial charge is 0.378 e. The van der Waals surface area contributed by atoms with Crippen molar-refractivity contribution in [1.82, 2.24) is 4.57 Å². The summed E-state index contributed by atoms with van der Waals surface area (Å²) < 4.78 is 3.74. The van der Waals surface area contributed by atoms with Crippen molar-refractivity contribution < 1.29 is 0 Å². The Balaban J connectivity index is 1.23. The number of benzene rings is 4.